The minimum atomic E-state index is -4.74. The molecule has 2 heterocycles. The molecule has 0 spiro atoms. The fraction of sp³-hybridized carbons (Fsp3) is 0.234. The molecule has 2 atom stereocenters. The predicted molar refractivity (Wildman–Crippen MR) is 246 cm³/mol. The molecule has 6 rings (SSSR count). The maximum absolute atomic E-state index is 13.8. The lowest BCUT2D eigenvalue weighted by molar-refractivity contribution is -0.138. The van der Waals surface area contributed by atoms with E-state index in [1.807, 2.05) is 4.90 Å². The maximum atomic E-state index is 13.8. The third-order valence-electron chi connectivity index (χ3n) is 10.7. The number of nitrogens with zero attached hydrogens (tertiary/aromatic N) is 3. The van der Waals surface area contributed by atoms with Crippen molar-refractivity contribution in [3.05, 3.63) is 164 Å². The van der Waals surface area contributed by atoms with Gasteiger partial charge in [0.1, 0.15) is 11.1 Å². The highest BCUT2D eigenvalue weighted by atomic mass is 32.2. The van der Waals surface area contributed by atoms with Crippen molar-refractivity contribution in [3.8, 4) is 11.4 Å². The van der Waals surface area contributed by atoms with E-state index in [1.165, 1.54) is 86.6 Å². The zero-order valence-corrected chi connectivity index (χ0v) is 38.3. The van der Waals surface area contributed by atoms with Crippen LogP contribution in [0.15, 0.2) is 138 Å². The molecule has 0 saturated heterocycles. The second kappa shape index (κ2) is 21.0. The van der Waals surface area contributed by atoms with E-state index in [2.05, 4.69) is 10.6 Å². The Kier molecular flexibility index (Phi) is 15.6. The van der Waals surface area contributed by atoms with Gasteiger partial charge in [-0.05, 0) is 144 Å². The fourth-order valence-electron chi connectivity index (χ4n) is 7.17. The Balaban J connectivity index is 1.12. The number of pyridine rings is 2. The van der Waals surface area contributed by atoms with E-state index in [0.717, 1.165) is 45.5 Å². The summed E-state index contributed by atoms with van der Waals surface area (Å²) in [5, 5.41) is 5.32. The van der Waals surface area contributed by atoms with Crippen LogP contribution in [0.3, 0.4) is 0 Å². The van der Waals surface area contributed by atoms with Crippen molar-refractivity contribution in [3.63, 3.8) is 0 Å². The van der Waals surface area contributed by atoms with Crippen molar-refractivity contribution in [2.75, 3.05) is 44.7 Å². The molecule has 2 unspecified atom stereocenters. The van der Waals surface area contributed by atoms with Gasteiger partial charge in [0.15, 0.2) is 0 Å². The molecule has 2 aromatic heterocycles. The molecule has 21 heteroatoms. The number of anilines is 2. The number of carbonyl (C=O) groups is 2. The van der Waals surface area contributed by atoms with Crippen molar-refractivity contribution in [1.29, 1.82) is 0 Å². The number of nitrogens with two attached hydrogens (primary N) is 2. The molecule has 13 nitrogen and oxygen atoms in total. The Morgan fingerprint density at radius 3 is 1.28 bits per heavy atom. The van der Waals surface area contributed by atoms with E-state index in [1.54, 1.807) is 7.05 Å². The predicted octanol–water partition coefficient (Wildman–Crippen LogP) is 7.01. The Morgan fingerprint density at radius 2 is 0.941 bits per heavy atom. The highest BCUT2D eigenvalue weighted by Gasteiger charge is 2.33. The first-order chi connectivity index (χ1) is 32.1. The van der Waals surface area contributed by atoms with Crippen molar-refractivity contribution >= 4 is 44.8 Å². The van der Waals surface area contributed by atoms with Crippen LogP contribution in [0, 0.1) is 13.8 Å². The molecule has 0 aliphatic carbocycles. The number of alkyl halides is 6. The Bertz CT molecular complexity index is 2830. The first-order valence-electron chi connectivity index (χ1n) is 20.7. The average molecular weight is 982 g/mol. The van der Waals surface area contributed by atoms with E-state index >= 15 is 0 Å². The summed E-state index contributed by atoms with van der Waals surface area (Å²) in [5.41, 5.74) is 7.27. The van der Waals surface area contributed by atoms with E-state index in [4.69, 9.17) is 11.5 Å². The van der Waals surface area contributed by atoms with E-state index in [9.17, 15) is 53.9 Å². The zero-order chi connectivity index (χ0) is 49.7. The summed E-state index contributed by atoms with van der Waals surface area (Å²) in [7, 11) is -2.20. The molecular formula is C47H45F6N7O6S2. The van der Waals surface area contributed by atoms with Gasteiger partial charge in [0.2, 0.25) is 0 Å². The summed E-state index contributed by atoms with van der Waals surface area (Å²) in [6, 6.07) is 22.3. The number of hydrogen-bond donors (Lipinski definition) is 4. The lowest BCUT2D eigenvalue weighted by Gasteiger charge is -2.19. The highest BCUT2D eigenvalue weighted by molar-refractivity contribution is 7.85. The first kappa shape index (κ1) is 50.6. The van der Waals surface area contributed by atoms with E-state index in [0.29, 0.717) is 37.3 Å². The molecule has 0 radical (unpaired) electrons. The number of carbonyl (C=O) groups excluding carboxylic acids is 2. The number of halogens is 6. The number of aromatic nitrogens is 2. The van der Waals surface area contributed by atoms with Crippen molar-refractivity contribution in [2.24, 2.45) is 0 Å². The average Bonchev–Trinajstić information content (AvgIpc) is 3.29. The minimum absolute atomic E-state index is 0.0149. The molecule has 0 aliphatic rings. The number of benzene rings is 4. The smallest absolute Gasteiger partial charge is 0.399 e. The Morgan fingerprint density at radius 1 is 0.588 bits per heavy atom. The monoisotopic (exact) mass is 981 g/mol. The van der Waals surface area contributed by atoms with Crippen LogP contribution < -0.4 is 33.2 Å². The maximum Gasteiger partial charge on any atom is 0.416 e. The van der Waals surface area contributed by atoms with Gasteiger partial charge in [-0.1, -0.05) is 12.1 Å². The Labute approximate surface area is 390 Å². The van der Waals surface area contributed by atoms with E-state index in [-0.39, 0.29) is 55.4 Å². The third kappa shape index (κ3) is 11.6. The van der Waals surface area contributed by atoms with Crippen molar-refractivity contribution in [2.45, 2.75) is 58.6 Å². The quantitative estimate of drug-likeness (QED) is 0.0449. The lowest BCUT2D eigenvalue weighted by atomic mass is 10.1. The molecular weight excluding hydrogens is 937 g/mol. The molecule has 0 bridgehead atoms. The van der Waals surface area contributed by atoms with Crippen molar-refractivity contribution in [1.82, 2.24) is 24.7 Å². The summed E-state index contributed by atoms with van der Waals surface area (Å²) in [6.45, 7) is 3.76. The number of nitrogen functional groups attached to an aromatic ring is 2. The first-order valence-corrected chi connectivity index (χ1v) is 23.0. The van der Waals surface area contributed by atoms with Gasteiger partial charge in [-0.3, -0.25) is 28.3 Å². The second-order valence-corrected chi connectivity index (χ2v) is 18.5. The summed E-state index contributed by atoms with van der Waals surface area (Å²) >= 11 is 0. The molecule has 68 heavy (non-hydrogen) atoms. The van der Waals surface area contributed by atoms with Crippen LogP contribution in [0.25, 0.3) is 11.4 Å². The molecule has 4 aromatic carbocycles. The fourth-order valence-corrected chi connectivity index (χ4v) is 9.61. The molecule has 0 aliphatic heterocycles. The van der Waals surface area contributed by atoms with Crippen LogP contribution in [0.5, 0.6) is 0 Å². The van der Waals surface area contributed by atoms with Gasteiger partial charge in [-0.2, -0.15) is 26.3 Å². The number of nitrogens with one attached hydrogen (secondary N) is 2. The van der Waals surface area contributed by atoms with Gasteiger partial charge in [0.05, 0.1) is 42.5 Å². The van der Waals surface area contributed by atoms with Crippen LogP contribution in [-0.2, 0) is 34.0 Å². The molecule has 6 N–H and O–H groups in total. The summed E-state index contributed by atoms with van der Waals surface area (Å²) < 4.78 is 112. The SMILES string of the molecule is Cc1c(S(=O)c2ccc(N)cc2)cc(C(=O)NCCCN(C)CCCNC(=O)c2cc(S(=O)c3ccc(N)cc3)c(C)n(-c3cccc(C(F)(F)F)c3)c2=O)c(=O)n1-c1cccc(C(F)(F)F)c1. The van der Waals surface area contributed by atoms with Gasteiger partial charge < -0.3 is 27.0 Å². The second-order valence-electron chi connectivity index (χ2n) is 15.6. The normalized spacial score (nSPS) is 12.7. The number of amides is 2. The van der Waals surface area contributed by atoms with Gasteiger partial charge in [-0.15, -0.1) is 0 Å². The topological polar surface area (TPSA) is 192 Å². The Hall–Kier alpha value is -6.84. The summed E-state index contributed by atoms with van der Waals surface area (Å²) in [6.07, 6.45) is -8.75. The lowest BCUT2D eigenvalue weighted by Crippen LogP contribution is -2.36. The van der Waals surface area contributed by atoms with Gasteiger partial charge in [0, 0.05) is 57.0 Å². The number of rotatable bonds is 16. The molecule has 358 valence electrons. The molecule has 0 fully saturated rings. The molecule has 0 saturated carbocycles. The summed E-state index contributed by atoms with van der Waals surface area (Å²) in [5.74, 6) is -1.69. The molecule has 6 aromatic rings. The van der Waals surface area contributed by atoms with E-state index < -0.39 is 79.1 Å². The number of hydrogen-bond acceptors (Lipinski definition) is 9. The minimum Gasteiger partial charge on any atom is -0.399 e. The largest absolute Gasteiger partial charge is 0.416 e. The van der Waals surface area contributed by atoms with Gasteiger partial charge in [0.25, 0.3) is 22.9 Å². The van der Waals surface area contributed by atoms with Crippen LogP contribution >= 0.6 is 0 Å². The van der Waals surface area contributed by atoms with Gasteiger partial charge in [-0.25, -0.2) is 8.42 Å². The standard InChI is InChI=1S/C47H45F6N7O6S2/c1-28-40(67(65)36-16-12-32(54)13-17-36)26-38(44(63)59(28)34-10-4-8-30(24-34)46(48,49)50)42(61)56-20-6-22-58(3)23-7-21-57-43(62)39-27-41(68(66)37-18-14-33(55)15-19-37)29(2)60(45(39)64)35-11-5-9-31(25-35)47(51,52)53/h4-5,8-19,24-27H,6-7,20-23,54-55H2,1-3H3,(H,56,61)(H,57,62). The van der Waals surface area contributed by atoms with Crippen LogP contribution in [0.1, 0.15) is 56.1 Å². The highest BCUT2D eigenvalue weighted by Crippen LogP contribution is 2.33. The zero-order valence-electron chi connectivity index (χ0n) is 36.7. The van der Waals surface area contributed by atoms with Gasteiger partial charge >= 0.3 is 12.4 Å². The van der Waals surface area contributed by atoms with Crippen LogP contribution in [0.2, 0.25) is 0 Å². The van der Waals surface area contributed by atoms with Crippen LogP contribution in [0.4, 0.5) is 37.7 Å². The van der Waals surface area contributed by atoms with Crippen molar-refractivity contribution < 1.29 is 44.3 Å². The third-order valence-corrected chi connectivity index (χ3v) is 13.8. The summed E-state index contributed by atoms with van der Waals surface area (Å²) in [4.78, 5) is 57.3. The van der Waals surface area contributed by atoms with Crippen LogP contribution in [-0.4, -0.2) is 67.5 Å². The molecule has 2 amide bonds.